The van der Waals surface area contributed by atoms with Crippen LogP contribution in [-0.2, 0) is 11.3 Å². The zero-order valence-corrected chi connectivity index (χ0v) is 16.4. The summed E-state index contributed by atoms with van der Waals surface area (Å²) in [5, 5.41) is 0.742. The summed E-state index contributed by atoms with van der Waals surface area (Å²) in [5.74, 6) is 2.45. The second-order valence-electron chi connectivity index (χ2n) is 7.79. The van der Waals surface area contributed by atoms with E-state index in [9.17, 15) is 4.79 Å². The lowest BCUT2D eigenvalue weighted by molar-refractivity contribution is -0.134. The third kappa shape index (κ3) is 3.56. The third-order valence-electron chi connectivity index (χ3n) is 5.93. The monoisotopic (exact) mass is 398 g/mol. The molecule has 0 N–H and O–H groups in total. The van der Waals surface area contributed by atoms with E-state index in [1.807, 2.05) is 35.2 Å². The molecule has 0 spiro atoms. The molecule has 28 heavy (non-hydrogen) atoms. The molecule has 2 aromatic carbocycles. The number of piperazine rings is 1. The van der Waals surface area contributed by atoms with E-state index in [0.717, 1.165) is 55.7 Å². The molecule has 0 aromatic heterocycles. The Kier molecular flexibility index (Phi) is 4.65. The molecule has 3 aliphatic rings. The van der Waals surface area contributed by atoms with Crippen molar-refractivity contribution in [3.63, 3.8) is 0 Å². The van der Waals surface area contributed by atoms with Crippen LogP contribution in [0.4, 0.5) is 0 Å². The molecule has 5 rings (SSSR count). The van der Waals surface area contributed by atoms with Crippen molar-refractivity contribution in [2.45, 2.75) is 18.9 Å². The Balaban J connectivity index is 1.13. The second kappa shape index (κ2) is 7.30. The molecular formula is C22H23ClN2O3. The number of halogens is 1. The molecule has 146 valence electrons. The minimum Gasteiger partial charge on any atom is -0.454 e. The lowest BCUT2D eigenvalue weighted by atomic mass is 10.1. The maximum atomic E-state index is 12.9. The predicted molar refractivity (Wildman–Crippen MR) is 107 cm³/mol. The van der Waals surface area contributed by atoms with Crippen LogP contribution in [0, 0.1) is 5.92 Å². The van der Waals surface area contributed by atoms with Crippen LogP contribution in [0.25, 0.3) is 0 Å². The Hall–Kier alpha value is -2.24. The van der Waals surface area contributed by atoms with Crippen LogP contribution in [0.3, 0.4) is 0 Å². The topological polar surface area (TPSA) is 42.0 Å². The zero-order valence-electron chi connectivity index (χ0n) is 15.6. The van der Waals surface area contributed by atoms with Gasteiger partial charge in [-0.2, -0.15) is 0 Å². The predicted octanol–water partition coefficient (Wildman–Crippen LogP) is 3.52. The Morgan fingerprint density at radius 2 is 1.75 bits per heavy atom. The van der Waals surface area contributed by atoms with Gasteiger partial charge in [0.25, 0.3) is 0 Å². The van der Waals surface area contributed by atoms with Gasteiger partial charge < -0.3 is 14.4 Å². The van der Waals surface area contributed by atoms with Gasteiger partial charge in [0.1, 0.15) is 0 Å². The molecule has 0 bridgehead atoms. The van der Waals surface area contributed by atoms with Crippen molar-refractivity contribution in [3.8, 4) is 11.5 Å². The van der Waals surface area contributed by atoms with Crippen molar-refractivity contribution in [1.82, 2.24) is 9.80 Å². The fourth-order valence-corrected chi connectivity index (χ4v) is 4.33. The molecule has 5 nitrogen and oxygen atoms in total. The lowest BCUT2D eigenvalue weighted by Gasteiger charge is -2.35. The highest BCUT2D eigenvalue weighted by Gasteiger charge is 2.46. The molecule has 1 saturated heterocycles. The molecule has 2 aromatic rings. The average molecular weight is 399 g/mol. The van der Waals surface area contributed by atoms with Crippen LogP contribution in [0.2, 0.25) is 5.02 Å². The van der Waals surface area contributed by atoms with Crippen LogP contribution in [-0.4, -0.2) is 48.7 Å². The van der Waals surface area contributed by atoms with Gasteiger partial charge in [0.2, 0.25) is 12.7 Å². The van der Waals surface area contributed by atoms with Gasteiger partial charge >= 0.3 is 0 Å². The fraction of sp³-hybridized carbons (Fsp3) is 0.409. The van der Waals surface area contributed by atoms with Crippen molar-refractivity contribution in [3.05, 3.63) is 58.6 Å². The van der Waals surface area contributed by atoms with Crippen molar-refractivity contribution >= 4 is 17.5 Å². The first-order valence-corrected chi connectivity index (χ1v) is 10.2. The smallest absolute Gasteiger partial charge is 0.231 e. The van der Waals surface area contributed by atoms with Gasteiger partial charge in [-0.3, -0.25) is 9.69 Å². The van der Waals surface area contributed by atoms with Gasteiger partial charge in [-0.05, 0) is 47.7 Å². The highest BCUT2D eigenvalue weighted by atomic mass is 35.5. The molecule has 2 aliphatic heterocycles. The van der Waals surface area contributed by atoms with E-state index in [2.05, 4.69) is 17.0 Å². The van der Waals surface area contributed by atoms with E-state index in [1.54, 1.807) is 0 Å². The normalized spacial score (nSPS) is 23.7. The molecule has 6 heteroatoms. The number of nitrogens with zero attached hydrogens (tertiary/aromatic N) is 2. The summed E-state index contributed by atoms with van der Waals surface area (Å²) < 4.78 is 10.8. The fourth-order valence-electron chi connectivity index (χ4n) is 4.20. The number of amides is 1. The van der Waals surface area contributed by atoms with Crippen LogP contribution >= 0.6 is 11.6 Å². The van der Waals surface area contributed by atoms with Crippen molar-refractivity contribution in [2.75, 3.05) is 33.0 Å². The van der Waals surface area contributed by atoms with Crippen molar-refractivity contribution in [1.29, 1.82) is 0 Å². The largest absolute Gasteiger partial charge is 0.454 e. The van der Waals surface area contributed by atoms with Gasteiger partial charge in [-0.15, -0.1) is 0 Å². The molecule has 0 radical (unpaired) electrons. The van der Waals surface area contributed by atoms with Crippen molar-refractivity contribution in [2.24, 2.45) is 5.92 Å². The zero-order chi connectivity index (χ0) is 19.1. The van der Waals surface area contributed by atoms with Gasteiger partial charge in [0.05, 0.1) is 0 Å². The van der Waals surface area contributed by atoms with Crippen LogP contribution in [0.5, 0.6) is 11.5 Å². The number of carbonyl (C=O) groups excluding carboxylic acids is 1. The molecule has 1 amide bonds. The number of rotatable bonds is 4. The van der Waals surface area contributed by atoms with Gasteiger partial charge in [0.15, 0.2) is 11.5 Å². The summed E-state index contributed by atoms with van der Waals surface area (Å²) in [7, 11) is 0. The van der Waals surface area contributed by atoms with Crippen LogP contribution in [0.15, 0.2) is 42.5 Å². The van der Waals surface area contributed by atoms with Gasteiger partial charge in [-0.25, -0.2) is 0 Å². The van der Waals surface area contributed by atoms with Crippen LogP contribution < -0.4 is 9.47 Å². The molecule has 2 fully saturated rings. The first-order chi connectivity index (χ1) is 13.7. The second-order valence-corrected chi connectivity index (χ2v) is 8.23. The van der Waals surface area contributed by atoms with E-state index in [-0.39, 0.29) is 5.92 Å². The number of ether oxygens (including phenoxy) is 2. The van der Waals surface area contributed by atoms with Gasteiger partial charge in [0, 0.05) is 43.7 Å². The number of hydrogen-bond donors (Lipinski definition) is 0. The summed E-state index contributed by atoms with van der Waals surface area (Å²) in [4.78, 5) is 17.3. The van der Waals surface area contributed by atoms with Crippen LogP contribution in [0.1, 0.15) is 23.5 Å². The summed E-state index contributed by atoms with van der Waals surface area (Å²) in [6.07, 6.45) is 0.956. The molecule has 2 heterocycles. The minimum atomic E-state index is 0.140. The van der Waals surface area contributed by atoms with Crippen molar-refractivity contribution < 1.29 is 14.3 Å². The molecule has 1 aliphatic carbocycles. The Morgan fingerprint density at radius 3 is 2.54 bits per heavy atom. The molecule has 2 unspecified atom stereocenters. The highest BCUT2D eigenvalue weighted by Crippen LogP contribution is 2.48. The maximum absolute atomic E-state index is 12.9. The van der Waals surface area contributed by atoms with E-state index < -0.39 is 0 Å². The summed E-state index contributed by atoms with van der Waals surface area (Å²) in [6.45, 7) is 4.57. The minimum absolute atomic E-state index is 0.140. The summed E-state index contributed by atoms with van der Waals surface area (Å²) >= 11 is 5.96. The third-order valence-corrected chi connectivity index (χ3v) is 6.18. The van der Waals surface area contributed by atoms with E-state index in [4.69, 9.17) is 21.1 Å². The number of carbonyl (C=O) groups is 1. The molecule has 2 atom stereocenters. The Labute approximate surface area is 169 Å². The quantitative estimate of drug-likeness (QED) is 0.790. The van der Waals surface area contributed by atoms with Gasteiger partial charge in [-0.1, -0.05) is 29.8 Å². The van der Waals surface area contributed by atoms with E-state index >= 15 is 0 Å². The first kappa shape index (κ1) is 17.8. The highest BCUT2D eigenvalue weighted by molar-refractivity contribution is 6.30. The summed E-state index contributed by atoms with van der Waals surface area (Å²) in [5.41, 5.74) is 2.44. The van der Waals surface area contributed by atoms with E-state index in [1.165, 1.54) is 11.1 Å². The summed E-state index contributed by atoms with van der Waals surface area (Å²) in [6, 6.07) is 14.0. The SMILES string of the molecule is O=C(C1CC1c1ccc(Cl)cc1)N1CCN(Cc2ccc3c(c2)OCO3)CC1. The standard InChI is InChI=1S/C22H23ClN2O3/c23-17-4-2-16(3-5-17)18-12-19(18)22(26)25-9-7-24(8-10-25)13-15-1-6-20-21(11-15)28-14-27-20/h1-6,11,18-19H,7-10,12-14H2. The number of fused-ring (bicyclic) bond motifs is 1. The Morgan fingerprint density at radius 1 is 1.00 bits per heavy atom. The molecular weight excluding hydrogens is 376 g/mol. The first-order valence-electron chi connectivity index (χ1n) is 9.82. The lowest BCUT2D eigenvalue weighted by Crippen LogP contribution is -2.48. The molecule has 1 saturated carbocycles. The maximum Gasteiger partial charge on any atom is 0.231 e. The Bertz CT molecular complexity index is 878. The number of benzene rings is 2. The number of hydrogen-bond acceptors (Lipinski definition) is 4. The van der Waals surface area contributed by atoms with E-state index in [0.29, 0.717) is 18.6 Å². The average Bonchev–Trinajstić information content (AvgIpc) is 3.38.